The van der Waals surface area contributed by atoms with Crippen molar-refractivity contribution >= 4 is 11.8 Å². The van der Waals surface area contributed by atoms with Crippen molar-refractivity contribution < 1.29 is 17.9 Å². The summed E-state index contributed by atoms with van der Waals surface area (Å²) in [6.45, 7) is 0.762. The van der Waals surface area contributed by atoms with Crippen molar-refractivity contribution in [3.63, 3.8) is 0 Å². The lowest BCUT2D eigenvalue weighted by Crippen LogP contribution is -2.43. The first-order valence-electron chi connectivity index (χ1n) is 8.00. The van der Waals surface area contributed by atoms with Gasteiger partial charge in [-0.05, 0) is 24.6 Å². The van der Waals surface area contributed by atoms with Crippen LogP contribution in [0.3, 0.4) is 0 Å². The van der Waals surface area contributed by atoms with E-state index in [2.05, 4.69) is 0 Å². The van der Waals surface area contributed by atoms with Gasteiger partial charge in [0.2, 0.25) is 5.60 Å². The smallest absolute Gasteiger partial charge is 0.432 e. The molecule has 1 unspecified atom stereocenters. The van der Waals surface area contributed by atoms with Crippen molar-refractivity contribution in [3.8, 4) is 18.2 Å². The molecule has 0 saturated carbocycles. The van der Waals surface area contributed by atoms with Gasteiger partial charge in [-0.2, -0.15) is 29.0 Å². The predicted octanol–water partition coefficient (Wildman–Crippen LogP) is 4.24. The number of anilines is 1. The van der Waals surface area contributed by atoms with E-state index in [0.717, 1.165) is 18.7 Å². The molecule has 0 fully saturated rings. The molecule has 2 rings (SSSR count). The highest BCUT2D eigenvalue weighted by atomic mass is 19.4. The van der Waals surface area contributed by atoms with E-state index in [4.69, 9.17) is 15.3 Å². The van der Waals surface area contributed by atoms with Gasteiger partial charge < -0.3 is 9.64 Å². The van der Waals surface area contributed by atoms with Crippen molar-refractivity contribution in [1.29, 1.82) is 15.8 Å². The van der Waals surface area contributed by atoms with Gasteiger partial charge >= 0.3 is 6.18 Å². The molecule has 0 amide bonds. The van der Waals surface area contributed by atoms with E-state index >= 15 is 0 Å². The molecule has 0 saturated heterocycles. The van der Waals surface area contributed by atoms with Crippen LogP contribution in [0.4, 0.5) is 18.9 Å². The molecule has 1 atom stereocenters. The summed E-state index contributed by atoms with van der Waals surface area (Å²) in [4.78, 5) is 1.87. The Labute approximate surface area is 160 Å². The van der Waals surface area contributed by atoms with E-state index in [-0.39, 0.29) is 0 Å². The second kappa shape index (κ2) is 7.50. The number of allylic oxidation sites excluding steroid dienone is 2. The molecule has 1 aliphatic rings. The fourth-order valence-corrected chi connectivity index (χ4v) is 2.60. The van der Waals surface area contributed by atoms with Gasteiger partial charge in [0, 0.05) is 25.4 Å². The summed E-state index contributed by atoms with van der Waals surface area (Å²) in [5, 5.41) is 27.4. The third-order valence-electron chi connectivity index (χ3n) is 4.27. The number of halogens is 3. The first-order valence-corrected chi connectivity index (χ1v) is 8.00. The number of hydrogen-bond donors (Lipinski definition) is 0. The summed E-state index contributed by atoms with van der Waals surface area (Å²) in [5.41, 5.74) is -2.97. The van der Waals surface area contributed by atoms with Crippen LogP contribution in [-0.2, 0) is 4.74 Å². The molecule has 1 aliphatic heterocycles. The molecule has 1 aromatic rings. The predicted molar refractivity (Wildman–Crippen MR) is 96.2 cm³/mol. The number of nitriles is 3. The van der Waals surface area contributed by atoms with Crippen LogP contribution in [0.1, 0.15) is 12.5 Å². The summed E-state index contributed by atoms with van der Waals surface area (Å²) in [7, 11) is 3.71. The first kappa shape index (κ1) is 20.6. The quantitative estimate of drug-likeness (QED) is 0.728. The maximum atomic E-state index is 13.7. The standard InChI is InChI=1S/C20H15F3N4O/c1-19(20(21,22)23)17(16(12-26)18(28-19)14(10-24)11-25)9-6-13-4-7-15(8-5-13)27(2)3/h4-9H,1-3H3/b9-6+. The van der Waals surface area contributed by atoms with Crippen LogP contribution in [0.5, 0.6) is 0 Å². The molecule has 0 radical (unpaired) electrons. The van der Waals surface area contributed by atoms with E-state index in [1.54, 1.807) is 30.3 Å². The fraction of sp³-hybridized carbons (Fsp3) is 0.250. The Hall–Kier alpha value is -3.70. The molecule has 0 spiro atoms. The minimum atomic E-state index is -4.87. The summed E-state index contributed by atoms with van der Waals surface area (Å²) < 4.78 is 46.1. The molecule has 5 nitrogen and oxygen atoms in total. The van der Waals surface area contributed by atoms with Crippen LogP contribution < -0.4 is 4.90 Å². The zero-order chi connectivity index (χ0) is 21.1. The Morgan fingerprint density at radius 1 is 1.07 bits per heavy atom. The van der Waals surface area contributed by atoms with Gasteiger partial charge in [0.1, 0.15) is 23.8 Å². The molecule has 1 aromatic carbocycles. The van der Waals surface area contributed by atoms with Gasteiger partial charge in [0.05, 0.1) is 0 Å². The zero-order valence-corrected chi connectivity index (χ0v) is 15.3. The third kappa shape index (κ3) is 3.56. The van der Waals surface area contributed by atoms with E-state index in [0.29, 0.717) is 5.56 Å². The normalized spacial score (nSPS) is 19.0. The molecule has 28 heavy (non-hydrogen) atoms. The van der Waals surface area contributed by atoms with E-state index in [1.165, 1.54) is 18.2 Å². The van der Waals surface area contributed by atoms with Crippen LogP contribution in [0.25, 0.3) is 6.08 Å². The minimum absolute atomic E-state index is 0.461. The molecule has 0 aromatic heterocycles. The lowest BCUT2D eigenvalue weighted by molar-refractivity contribution is -0.236. The van der Waals surface area contributed by atoms with Crippen molar-refractivity contribution in [3.05, 3.63) is 58.4 Å². The van der Waals surface area contributed by atoms with E-state index in [9.17, 15) is 18.4 Å². The van der Waals surface area contributed by atoms with Crippen molar-refractivity contribution in [2.75, 3.05) is 19.0 Å². The summed E-state index contributed by atoms with van der Waals surface area (Å²) in [6.07, 6.45) is -2.32. The third-order valence-corrected chi connectivity index (χ3v) is 4.27. The van der Waals surface area contributed by atoms with Crippen LogP contribution >= 0.6 is 0 Å². The fourth-order valence-electron chi connectivity index (χ4n) is 2.60. The highest BCUT2D eigenvalue weighted by Gasteiger charge is 2.60. The Bertz CT molecular complexity index is 980. The number of hydrogen-bond acceptors (Lipinski definition) is 5. The molecule has 142 valence electrons. The summed E-state index contributed by atoms with van der Waals surface area (Å²) in [6, 6.07) is 11.6. The molecule has 0 N–H and O–H groups in total. The topological polar surface area (TPSA) is 83.8 Å². The number of ether oxygens (including phenoxy) is 1. The molecule has 1 heterocycles. The van der Waals surface area contributed by atoms with Crippen LogP contribution in [0, 0.1) is 34.0 Å². The largest absolute Gasteiger partial charge is 0.470 e. The lowest BCUT2D eigenvalue weighted by atomic mass is 9.91. The van der Waals surface area contributed by atoms with Crippen molar-refractivity contribution in [2.45, 2.75) is 18.7 Å². The second-order valence-corrected chi connectivity index (χ2v) is 6.28. The molecular weight excluding hydrogens is 369 g/mol. The van der Waals surface area contributed by atoms with E-state index < -0.39 is 34.3 Å². The minimum Gasteiger partial charge on any atom is -0.470 e. The van der Waals surface area contributed by atoms with Crippen LogP contribution in [-0.4, -0.2) is 25.9 Å². The maximum Gasteiger partial charge on any atom is 0.432 e. The maximum absolute atomic E-state index is 13.7. The molecule has 0 bridgehead atoms. The van der Waals surface area contributed by atoms with Gasteiger partial charge in [-0.3, -0.25) is 0 Å². The van der Waals surface area contributed by atoms with Gasteiger partial charge in [0.15, 0.2) is 11.3 Å². The van der Waals surface area contributed by atoms with Gasteiger partial charge in [-0.25, -0.2) is 0 Å². The Kier molecular flexibility index (Phi) is 5.52. The Morgan fingerprint density at radius 2 is 1.64 bits per heavy atom. The number of nitrogens with zero attached hydrogens (tertiary/aromatic N) is 4. The van der Waals surface area contributed by atoms with Crippen LogP contribution in [0.15, 0.2) is 52.8 Å². The van der Waals surface area contributed by atoms with E-state index in [1.807, 2.05) is 19.0 Å². The molecule has 8 heteroatoms. The van der Waals surface area contributed by atoms with Crippen molar-refractivity contribution in [1.82, 2.24) is 0 Å². The highest BCUT2D eigenvalue weighted by molar-refractivity contribution is 5.65. The summed E-state index contributed by atoms with van der Waals surface area (Å²) >= 11 is 0. The van der Waals surface area contributed by atoms with Crippen molar-refractivity contribution in [2.24, 2.45) is 0 Å². The molecular formula is C20H15F3N4O. The second-order valence-electron chi connectivity index (χ2n) is 6.28. The Balaban J connectivity index is 2.62. The number of benzene rings is 1. The monoisotopic (exact) mass is 384 g/mol. The zero-order valence-electron chi connectivity index (χ0n) is 15.3. The van der Waals surface area contributed by atoms with Gasteiger partial charge in [0.25, 0.3) is 0 Å². The van der Waals surface area contributed by atoms with Gasteiger partial charge in [-0.1, -0.05) is 24.3 Å². The SMILES string of the molecule is CN(C)c1ccc(/C=C/C2=C(C#N)C(=C(C#N)C#N)OC2(C)C(F)(F)F)cc1. The lowest BCUT2D eigenvalue weighted by Gasteiger charge is -2.28. The average molecular weight is 384 g/mol. The Morgan fingerprint density at radius 3 is 2.07 bits per heavy atom. The van der Waals surface area contributed by atoms with Crippen LogP contribution in [0.2, 0.25) is 0 Å². The first-order chi connectivity index (χ1) is 13.1. The highest BCUT2D eigenvalue weighted by Crippen LogP contribution is 2.49. The number of alkyl halides is 3. The average Bonchev–Trinajstić information content (AvgIpc) is 2.94. The molecule has 0 aliphatic carbocycles. The summed E-state index contributed by atoms with van der Waals surface area (Å²) in [5.74, 6) is -0.657. The van der Waals surface area contributed by atoms with Gasteiger partial charge in [-0.15, -0.1) is 0 Å². The number of rotatable bonds is 3.